The van der Waals surface area contributed by atoms with E-state index in [1.165, 1.54) is 9.96 Å². The number of hydroxylamine groups is 2. The number of nitrogens with one attached hydrogen (secondary N) is 1. The Kier molecular flexibility index (Phi) is 6.13. The Hall–Kier alpha value is -2.09. The number of benzene rings is 2. The third-order valence-electron chi connectivity index (χ3n) is 3.90. The minimum atomic E-state index is -0.206. The maximum absolute atomic E-state index is 12.4. The number of halogens is 1. The van der Waals surface area contributed by atoms with Crippen molar-refractivity contribution < 1.29 is 9.63 Å². The molecule has 2 aromatic carbocycles. The lowest BCUT2D eigenvalue weighted by Gasteiger charge is -2.17. The van der Waals surface area contributed by atoms with E-state index in [0.717, 1.165) is 21.3 Å². The summed E-state index contributed by atoms with van der Waals surface area (Å²) in [6.07, 6.45) is 3.81. The van der Waals surface area contributed by atoms with Gasteiger partial charge in [-0.3, -0.25) is 14.7 Å². The fourth-order valence-electron chi connectivity index (χ4n) is 2.44. The summed E-state index contributed by atoms with van der Waals surface area (Å²) in [4.78, 5) is 19.2. The van der Waals surface area contributed by atoms with Crippen LogP contribution in [0, 0.1) is 0 Å². The third-order valence-corrected chi connectivity index (χ3v) is 5.17. The highest BCUT2D eigenvalue weighted by Gasteiger charge is 2.14. The largest absolute Gasteiger partial charge is 0.279 e. The smallest absolute Gasteiger partial charge is 0.277 e. The standard InChI is InChI=1S/C19H18BrN3O2S/c1-23(19(24)14-3-7-15(20)8-4-14)25-12-18-17(11-21-22-18)13-5-9-16(26-2)10-6-13/h3-11H,12H2,1-2H3,(H,21,22). The van der Waals surface area contributed by atoms with E-state index in [1.807, 2.05) is 18.4 Å². The second-order valence-corrected chi connectivity index (χ2v) is 7.37. The van der Waals surface area contributed by atoms with Crippen LogP contribution in [-0.2, 0) is 11.4 Å². The van der Waals surface area contributed by atoms with E-state index in [0.29, 0.717) is 5.56 Å². The molecule has 5 nitrogen and oxygen atoms in total. The lowest BCUT2D eigenvalue weighted by molar-refractivity contribution is -0.117. The molecular formula is C19H18BrN3O2S. The van der Waals surface area contributed by atoms with Crippen LogP contribution in [0.1, 0.15) is 16.1 Å². The molecular weight excluding hydrogens is 414 g/mol. The van der Waals surface area contributed by atoms with Crippen LogP contribution >= 0.6 is 27.7 Å². The topological polar surface area (TPSA) is 58.2 Å². The van der Waals surface area contributed by atoms with Gasteiger partial charge in [0.1, 0.15) is 6.61 Å². The number of amides is 1. The second-order valence-electron chi connectivity index (χ2n) is 5.57. The normalized spacial score (nSPS) is 10.7. The zero-order valence-corrected chi connectivity index (χ0v) is 16.8. The van der Waals surface area contributed by atoms with Gasteiger partial charge in [0, 0.05) is 27.5 Å². The first-order valence-corrected chi connectivity index (χ1v) is 9.93. The summed E-state index contributed by atoms with van der Waals surface area (Å²) in [5.41, 5.74) is 3.39. The number of hydrogen-bond donors (Lipinski definition) is 1. The first-order chi connectivity index (χ1) is 12.6. The number of aromatic amines is 1. The van der Waals surface area contributed by atoms with Gasteiger partial charge in [-0.05, 0) is 48.2 Å². The molecule has 1 amide bonds. The van der Waals surface area contributed by atoms with Crippen molar-refractivity contribution in [1.29, 1.82) is 0 Å². The van der Waals surface area contributed by atoms with Gasteiger partial charge in [0.05, 0.1) is 11.9 Å². The number of nitrogens with zero attached hydrogens (tertiary/aromatic N) is 2. The molecule has 0 radical (unpaired) electrons. The molecule has 0 fully saturated rings. The summed E-state index contributed by atoms with van der Waals surface area (Å²) in [5.74, 6) is -0.206. The van der Waals surface area contributed by atoms with E-state index < -0.39 is 0 Å². The van der Waals surface area contributed by atoms with E-state index >= 15 is 0 Å². The maximum Gasteiger partial charge on any atom is 0.277 e. The molecule has 3 aromatic rings. The minimum Gasteiger partial charge on any atom is -0.279 e. The molecule has 0 saturated heterocycles. The lowest BCUT2D eigenvalue weighted by atomic mass is 10.1. The van der Waals surface area contributed by atoms with E-state index in [-0.39, 0.29) is 12.5 Å². The first-order valence-electron chi connectivity index (χ1n) is 7.91. The van der Waals surface area contributed by atoms with Gasteiger partial charge in [0.25, 0.3) is 5.91 Å². The van der Waals surface area contributed by atoms with Crippen LogP contribution in [0.5, 0.6) is 0 Å². The Morgan fingerprint density at radius 2 is 1.88 bits per heavy atom. The quantitative estimate of drug-likeness (QED) is 0.451. The van der Waals surface area contributed by atoms with Crippen molar-refractivity contribution >= 4 is 33.6 Å². The number of thioether (sulfide) groups is 1. The maximum atomic E-state index is 12.4. The van der Waals surface area contributed by atoms with Crippen LogP contribution in [0.15, 0.2) is 64.1 Å². The van der Waals surface area contributed by atoms with Gasteiger partial charge in [-0.15, -0.1) is 11.8 Å². The predicted octanol–water partition coefficient (Wildman–Crippen LogP) is 4.76. The molecule has 0 aliphatic rings. The summed E-state index contributed by atoms with van der Waals surface area (Å²) >= 11 is 5.06. The lowest BCUT2D eigenvalue weighted by Crippen LogP contribution is -2.27. The van der Waals surface area contributed by atoms with Crippen molar-refractivity contribution in [3.63, 3.8) is 0 Å². The van der Waals surface area contributed by atoms with E-state index in [1.54, 1.807) is 37.1 Å². The van der Waals surface area contributed by atoms with E-state index in [4.69, 9.17) is 4.84 Å². The zero-order chi connectivity index (χ0) is 18.5. The Morgan fingerprint density at radius 1 is 1.19 bits per heavy atom. The molecule has 7 heteroatoms. The van der Waals surface area contributed by atoms with Gasteiger partial charge in [0.15, 0.2) is 0 Å². The summed E-state index contributed by atoms with van der Waals surface area (Å²) < 4.78 is 0.923. The molecule has 0 saturated carbocycles. The van der Waals surface area contributed by atoms with E-state index in [9.17, 15) is 4.79 Å². The monoisotopic (exact) mass is 431 g/mol. The van der Waals surface area contributed by atoms with Gasteiger partial charge >= 0.3 is 0 Å². The van der Waals surface area contributed by atoms with Crippen LogP contribution in [-0.4, -0.2) is 34.5 Å². The fourth-order valence-corrected chi connectivity index (χ4v) is 3.11. The molecule has 1 N–H and O–H groups in total. The molecule has 0 aliphatic heterocycles. The van der Waals surface area contributed by atoms with Gasteiger partial charge in [-0.25, -0.2) is 5.06 Å². The molecule has 134 valence electrons. The van der Waals surface area contributed by atoms with Gasteiger partial charge in [-0.1, -0.05) is 28.1 Å². The Morgan fingerprint density at radius 3 is 2.54 bits per heavy atom. The molecule has 3 rings (SSSR count). The molecule has 1 aromatic heterocycles. The number of aromatic nitrogens is 2. The first kappa shape index (κ1) is 18.7. The van der Waals surface area contributed by atoms with Crippen LogP contribution in [0.2, 0.25) is 0 Å². The highest BCUT2D eigenvalue weighted by Crippen LogP contribution is 2.25. The molecule has 0 bridgehead atoms. The highest BCUT2D eigenvalue weighted by molar-refractivity contribution is 9.10. The fraction of sp³-hybridized carbons (Fsp3) is 0.158. The van der Waals surface area contributed by atoms with Crippen LogP contribution in [0.25, 0.3) is 11.1 Å². The zero-order valence-electron chi connectivity index (χ0n) is 14.4. The minimum absolute atomic E-state index is 0.206. The summed E-state index contributed by atoms with van der Waals surface area (Å²) in [6.45, 7) is 0.221. The molecule has 0 aliphatic carbocycles. The Labute approximate surface area is 164 Å². The van der Waals surface area contributed by atoms with Gasteiger partial charge in [0.2, 0.25) is 0 Å². The van der Waals surface area contributed by atoms with E-state index in [2.05, 4.69) is 50.4 Å². The molecule has 0 atom stereocenters. The third kappa shape index (κ3) is 4.35. The van der Waals surface area contributed by atoms with Crippen molar-refractivity contribution in [2.24, 2.45) is 0 Å². The number of carbonyl (C=O) groups is 1. The summed E-state index contributed by atoms with van der Waals surface area (Å²) in [7, 11) is 1.60. The molecule has 26 heavy (non-hydrogen) atoms. The summed E-state index contributed by atoms with van der Waals surface area (Å²) in [6, 6.07) is 15.4. The predicted molar refractivity (Wildman–Crippen MR) is 107 cm³/mol. The van der Waals surface area contributed by atoms with Crippen LogP contribution in [0.4, 0.5) is 0 Å². The number of carbonyl (C=O) groups excluding carboxylic acids is 1. The molecule has 0 unspecified atom stereocenters. The van der Waals surface area contributed by atoms with Crippen molar-refractivity contribution in [2.75, 3.05) is 13.3 Å². The van der Waals surface area contributed by atoms with Crippen molar-refractivity contribution in [1.82, 2.24) is 15.3 Å². The average Bonchev–Trinajstić information content (AvgIpc) is 3.14. The Bertz CT molecular complexity index is 879. The van der Waals surface area contributed by atoms with Gasteiger partial charge < -0.3 is 0 Å². The van der Waals surface area contributed by atoms with Crippen LogP contribution < -0.4 is 0 Å². The average molecular weight is 432 g/mol. The second kappa shape index (κ2) is 8.53. The number of hydrogen-bond acceptors (Lipinski definition) is 4. The number of H-pyrrole nitrogens is 1. The summed E-state index contributed by atoms with van der Waals surface area (Å²) in [5, 5.41) is 8.30. The Balaban J connectivity index is 1.67. The van der Waals surface area contributed by atoms with Crippen molar-refractivity contribution in [3.8, 4) is 11.1 Å². The number of rotatable bonds is 6. The molecule has 1 heterocycles. The van der Waals surface area contributed by atoms with Crippen molar-refractivity contribution in [3.05, 3.63) is 70.5 Å². The highest BCUT2D eigenvalue weighted by atomic mass is 79.9. The van der Waals surface area contributed by atoms with Gasteiger partial charge in [-0.2, -0.15) is 5.10 Å². The van der Waals surface area contributed by atoms with Crippen molar-refractivity contribution in [2.45, 2.75) is 11.5 Å². The van der Waals surface area contributed by atoms with Crippen LogP contribution in [0.3, 0.4) is 0 Å². The SMILES string of the molecule is CSc1ccc(-c2cn[nH]c2CON(C)C(=O)c2ccc(Br)cc2)cc1. The molecule has 0 spiro atoms.